The Morgan fingerprint density at radius 1 is 1.18 bits per heavy atom. The third-order valence-electron chi connectivity index (χ3n) is 5.83. The van der Waals surface area contributed by atoms with Crippen LogP contribution in [0, 0.1) is 5.92 Å². The summed E-state index contributed by atoms with van der Waals surface area (Å²) >= 11 is 0. The second-order valence-electron chi connectivity index (χ2n) is 8.39. The predicted octanol–water partition coefficient (Wildman–Crippen LogP) is 4.00. The van der Waals surface area contributed by atoms with Gasteiger partial charge in [-0.15, -0.1) is 0 Å². The van der Waals surface area contributed by atoms with Gasteiger partial charge in [0.1, 0.15) is 5.75 Å². The second-order valence-corrected chi connectivity index (χ2v) is 8.39. The van der Waals surface area contributed by atoms with Crippen LogP contribution in [0.3, 0.4) is 0 Å². The lowest BCUT2D eigenvalue weighted by atomic mass is 9.65. The van der Waals surface area contributed by atoms with Crippen molar-refractivity contribution in [3.63, 3.8) is 0 Å². The summed E-state index contributed by atoms with van der Waals surface area (Å²) in [7, 11) is 0. The first-order chi connectivity index (χ1) is 13.4. The molecule has 1 heterocycles. The van der Waals surface area contributed by atoms with Gasteiger partial charge in [0.2, 0.25) is 5.91 Å². The molecule has 0 bridgehead atoms. The number of ether oxygens (including phenoxy) is 1. The van der Waals surface area contributed by atoms with Crippen LogP contribution < -0.4 is 15.8 Å². The van der Waals surface area contributed by atoms with Crippen LogP contribution in [0.2, 0.25) is 0 Å². The molecule has 0 radical (unpaired) electrons. The average Bonchev–Trinajstić information content (AvgIpc) is 3.22. The third-order valence-corrected chi connectivity index (χ3v) is 5.83. The highest BCUT2D eigenvalue weighted by molar-refractivity contribution is 5.88. The van der Waals surface area contributed by atoms with Crippen molar-refractivity contribution in [1.82, 2.24) is 5.32 Å². The quantitative estimate of drug-likeness (QED) is 0.727. The van der Waals surface area contributed by atoms with E-state index in [0.29, 0.717) is 12.5 Å². The van der Waals surface area contributed by atoms with E-state index in [-0.39, 0.29) is 17.9 Å². The van der Waals surface area contributed by atoms with Crippen molar-refractivity contribution < 1.29 is 9.53 Å². The topological polar surface area (TPSA) is 64.3 Å². The maximum atomic E-state index is 12.8. The Kier molecular flexibility index (Phi) is 6.40. The standard InChI is InChI=1S/C24H32N2O2/c1-17(2)16-28-20-13-11-18(12-14-20)22(21-10-7-15-26-21)24(3,23(25)27)19-8-5-4-6-9-19/h4-6,8-9,11-14,17,21-22,26H,7,10,15-16H2,1-3H3,(H2,25,27)/t21-,22+,24?/m1/s1. The van der Waals surface area contributed by atoms with Crippen LogP contribution in [0.5, 0.6) is 5.75 Å². The largest absolute Gasteiger partial charge is 0.493 e. The molecule has 1 fully saturated rings. The number of rotatable bonds is 8. The normalized spacial score (nSPS) is 19.9. The first-order valence-electron chi connectivity index (χ1n) is 10.2. The summed E-state index contributed by atoms with van der Waals surface area (Å²) in [6.45, 7) is 7.91. The maximum Gasteiger partial charge on any atom is 0.228 e. The van der Waals surface area contributed by atoms with Gasteiger partial charge in [0.15, 0.2) is 0 Å². The number of benzene rings is 2. The second kappa shape index (κ2) is 8.78. The van der Waals surface area contributed by atoms with E-state index in [1.54, 1.807) is 0 Å². The zero-order chi connectivity index (χ0) is 20.1. The Morgan fingerprint density at radius 2 is 1.86 bits per heavy atom. The zero-order valence-electron chi connectivity index (χ0n) is 17.2. The van der Waals surface area contributed by atoms with Crippen molar-refractivity contribution in [3.8, 4) is 5.75 Å². The molecule has 28 heavy (non-hydrogen) atoms. The van der Waals surface area contributed by atoms with Crippen LogP contribution in [0.25, 0.3) is 0 Å². The smallest absolute Gasteiger partial charge is 0.228 e. The molecular formula is C24H32N2O2. The van der Waals surface area contributed by atoms with Gasteiger partial charge in [0.05, 0.1) is 12.0 Å². The van der Waals surface area contributed by atoms with E-state index < -0.39 is 5.41 Å². The fraction of sp³-hybridized carbons (Fsp3) is 0.458. The molecule has 0 aliphatic carbocycles. The highest BCUT2D eigenvalue weighted by Gasteiger charge is 2.46. The highest BCUT2D eigenvalue weighted by Crippen LogP contribution is 2.43. The molecule has 2 aromatic carbocycles. The van der Waals surface area contributed by atoms with Gasteiger partial charge in [0, 0.05) is 12.0 Å². The summed E-state index contributed by atoms with van der Waals surface area (Å²) in [5, 5.41) is 3.60. The SMILES string of the molecule is CC(C)COc1ccc([C@@H]([C@H]2CCCN2)C(C)(C(N)=O)c2ccccc2)cc1. The number of primary amides is 1. The molecule has 1 unspecified atom stereocenters. The van der Waals surface area contributed by atoms with Crippen LogP contribution in [0.4, 0.5) is 0 Å². The van der Waals surface area contributed by atoms with Crippen LogP contribution in [0.1, 0.15) is 50.7 Å². The Labute approximate surface area is 168 Å². The minimum Gasteiger partial charge on any atom is -0.493 e. The van der Waals surface area contributed by atoms with Crippen LogP contribution in [-0.4, -0.2) is 25.1 Å². The molecule has 2 aromatic rings. The monoisotopic (exact) mass is 380 g/mol. The predicted molar refractivity (Wildman–Crippen MR) is 114 cm³/mol. The Bertz CT molecular complexity index is 767. The summed E-state index contributed by atoms with van der Waals surface area (Å²) in [5.74, 6) is 0.994. The van der Waals surface area contributed by atoms with Gasteiger partial charge in [-0.1, -0.05) is 56.3 Å². The molecule has 150 valence electrons. The summed E-state index contributed by atoms with van der Waals surface area (Å²) in [5.41, 5.74) is 7.30. The zero-order valence-corrected chi connectivity index (χ0v) is 17.2. The number of hydrogen-bond donors (Lipinski definition) is 2. The fourth-order valence-electron chi connectivity index (χ4n) is 4.26. The van der Waals surface area contributed by atoms with Crippen LogP contribution in [-0.2, 0) is 10.2 Å². The maximum absolute atomic E-state index is 12.8. The lowest BCUT2D eigenvalue weighted by Gasteiger charge is -2.39. The van der Waals surface area contributed by atoms with Crippen LogP contribution >= 0.6 is 0 Å². The Hall–Kier alpha value is -2.33. The number of amides is 1. The third kappa shape index (κ3) is 4.22. The summed E-state index contributed by atoms with van der Waals surface area (Å²) < 4.78 is 5.84. The molecule has 0 spiro atoms. The van der Waals surface area contributed by atoms with Gasteiger partial charge in [0.25, 0.3) is 0 Å². The van der Waals surface area contributed by atoms with E-state index >= 15 is 0 Å². The van der Waals surface area contributed by atoms with E-state index in [1.807, 2.05) is 49.4 Å². The van der Waals surface area contributed by atoms with Crippen molar-refractivity contribution in [3.05, 3.63) is 65.7 Å². The lowest BCUT2D eigenvalue weighted by molar-refractivity contribution is -0.124. The number of hydrogen-bond acceptors (Lipinski definition) is 3. The highest BCUT2D eigenvalue weighted by atomic mass is 16.5. The number of nitrogens with two attached hydrogens (primary N) is 1. The average molecular weight is 381 g/mol. The van der Waals surface area contributed by atoms with Gasteiger partial charge in [-0.2, -0.15) is 0 Å². The molecule has 3 rings (SSSR count). The fourth-order valence-corrected chi connectivity index (χ4v) is 4.26. The Morgan fingerprint density at radius 3 is 2.39 bits per heavy atom. The van der Waals surface area contributed by atoms with E-state index in [2.05, 4.69) is 31.3 Å². The molecule has 4 heteroatoms. The molecule has 1 aliphatic heterocycles. The van der Waals surface area contributed by atoms with E-state index in [9.17, 15) is 4.79 Å². The van der Waals surface area contributed by atoms with E-state index in [1.165, 1.54) is 0 Å². The molecule has 3 N–H and O–H groups in total. The van der Waals surface area contributed by atoms with Crippen molar-refractivity contribution in [2.45, 2.75) is 51.0 Å². The van der Waals surface area contributed by atoms with Crippen molar-refractivity contribution in [1.29, 1.82) is 0 Å². The first-order valence-corrected chi connectivity index (χ1v) is 10.2. The first kappa shape index (κ1) is 20.4. The minimum absolute atomic E-state index is 0.0472. The van der Waals surface area contributed by atoms with Gasteiger partial charge in [-0.3, -0.25) is 4.79 Å². The van der Waals surface area contributed by atoms with Gasteiger partial charge < -0.3 is 15.8 Å². The molecule has 1 saturated heterocycles. The van der Waals surface area contributed by atoms with Gasteiger partial charge in [-0.25, -0.2) is 0 Å². The van der Waals surface area contributed by atoms with Crippen LogP contribution in [0.15, 0.2) is 54.6 Å². The summed E-state index contributed by atoms with van der Waals surface area (Å²) in [6, 6.07) is 18.3. The number of nitrogens with one attached hydrogen (secondary N) is 1. The molecule has 1 amide bonds. The molecule has 1 aliphatic rings. The molecular weight excluding hydrogens is 348 g/mol. The molecule has 4 nitrogen and oxygen atoms in total. The number of carbonyl (C=O) groups excluding carboxylic acids is 1. The van der Waals surface area contributed by atoms with Crippen molar-refractivity contribution in [2.75, 3.05) is 13.2 Å². The van der Waals surface area contributed by atoms with Gasteiger partial charge in [-0.05, 0) is 55.5 Å². The molecule has 0 saturated carbocycles. The van der Waals surface area contributed by atoms with Crippen molar-refractivity contribution in [2.24, 2.45) is 11.7 Å². The molecule has 0 aromatic heterocycles. The van der Waals surface area contributed by atoms with Crippen molar-refractivity contribution >= 4 is 5.91 Å². The minimum atomic E-state index is -0.802. The number of carbonyl (C=O) groups is 1. The van der Waals surface area contributed by atoms with Gasteiger partial charge >= 0.3 is 0 Å². The molecule has 3 atom stereocenters. The van der Waals surface area contributed by atoms with E-state index in [0.717, 1.165) is 36.3 Å². The van der Waals surface area contributed by atoms with E-state index in [4.69, 9.17) is 10.5 Å². The summed E-state index contributed by atoms with van der Waals surface area (Å²) in [6.07, 6.45) is 2.15. The lowest BCUT2D eigenvalue weighted by Crippen LogP contribution is -2.50. The summed E-state index contributed by atoms with van der Waals surface area (Å²) in [4.78, 5) is 12.8. The Balaban J connectivity index is 2.00.